The normalized spacial score (nSPS) is 10.6. The lowest BCUT2D eigenvalue weighted by Gasteiger charge is -2.04. The summed E-state index contributed by atoms with van der Waals surface area (Å²) in [6, 6.07) is 9.76. The van der Waals surface area contributed by atoms with E-state index in [0.717, 1.165) is 5.69 Å². The van der Waals surface area contributed by atoms with Crippen molar-refractivity contribution in [1.29, 1.82) is 0 Å². The van der Waals surface area contributed by atoms with Crippen LogP contribution < -0.4 is 10.7 Å². The SMILES string of the molecule is O=C(NCc1ccn[nH]1)c1cc(=O)c2ccccc2o1. The fourth-order valence-electron chi connectivity index (χ4n) is 1.86. The molecule has 0 saturated carbocycles. The summed E-state index contributed by atoms with van der Waals surface area (Å²) in [5.74, 6) is -0.448. The largest absolute Gasteiger partial charge is 0.451 e. The first-order valence-corrected chi connectivity index (χ1v) is 6.03. The number of nitrogens with one attached hydrogen (secondary N) is 2. The number of hydrogen-bond donors (Lipinski definition) is 2. The topological polar surface area (TPSA) is 88.0 Å². The van der Waals surface area contributed by atoms with E-state index in [9.17, 15) is 9.59 Å². The molecule has 2 aromatic heterocycles. The number of carbonyl (C=O) groups excluding carboxylic acids is 1. The molecule has 6 nitrogen and oxygen atoms in total. The summed E-state index contributed by atoms with van der Waals surface area (Å²) in [4.78, 5) is 23.8. The van der Waals surface area contributed by atoms with Crippen LogP contribution in [0.4, 0.5) is 0 Å². The summed E-state index contributed by atoms with van der Waals surface area (Å²) in [5.41, 5.74) is 0.923. The molecule has 0 aliphatic rings. The van der Waals surface area contributed by atoms with Gasteiger partial charge < -0.3 is 9.73 Å². The van der Waals surface area contributed by atoms with Crippen molar-refractivity contribution in [2.75, 3.05) is 0 Å². The molecular weight excluding hydrogens is 258 g/mol. The van der Waals surface area contributed by atoms with Crippen LogP contribution in [0.3, 0.4) is 0 Å². The Labute approximate surface area is 113 Å². The fraction of sp³-hybridized carbons (Fsp3) is 0.0714. The molecule has 3 rings (SSSR count). The average Bonchev–Trinajstić information content (AvgIpc) is 2.98. The van der Waals surface area contributed by atoms with Crippen LogP contribution in [0.1, 0.15) is 16.2 Å². The van der Waals surface area contributed by atoms with Gasteiger partial charge in [0, 0.05) is 12.3 Å². The van der Waals surface area contributed by atoms with Crippen molar-refractivity contribution in [3.8, 4) is 0 Å². The zero-order valence-corrected chi connectivity index (χ0v) is 10.4. The predicted molar refractivity (Wildman–Crippen MR) is 72.2 cm³/mol. The fourth-order valence-corrected chi connectivity index (χ4v) is 1.86. The van der Waals surface area contributed by atoms with Gasteiger partial charge in [0.15, 0.2) is 11.2 Å². The first-order chi connectivity index (χ1) is 9.74. The standard InChI is InChI=1S/C14H11N3O3/c18-11-7-13(20-12-4-2-1-3-10(11)12)14(19)15-8-9-5-6-16-17-9/h1-7H,8H2,(H,15,19)(H,16,17). The van der Waals surface area contributed by atoms with E-state index in [0.29, 0.717) is 11.0 Å². The maximum atomic E-state index is 12.0. The van der Waals surface area contributed by atoms with E-state index in [1.165, 1.54) is 6.07 Å². The minimum atomic E-state index is -0.442. The van der Waals surface area contributed by atoms with Gasteiger partial charge in [-0.2, -0.15) is 5.10 Å². The molecule has 1 aromatic carbocycles. The Morgan fingerprint density at radius 2 is 2.15 bits per heavy atom. The van der Waals surface area contributed by atoms with Crippen LogP contribution in [0.2, 0.25) is 0 Å². The third-order valence-corrected chi connectivity index (χ3v) is 2.86. The number of nitrogens with zero attached hydrogens (tertiary/aromatic N) is 1. The van der Waals surface area contributed by atoms with Crippen LogP contribution in [0.25, 0.3) is 11.0 Å². The quantitative estimate of drug-likeness (QED) is 0.753. The van der Waals surface area contributed by atoms with E-state index in [-0.39, 0.29) is 17.7 Å². The molecule has 0 aliphatic heterocycles. The van der Waals surface area contributed by atoms with Crippen LogP contribution in [-0.2, 0) is 6.54 Å². The van der Waals surface area contributed by atoms with Gasteiger partial charge in [-0.1, -0.05) is 12.1 Å². The highest BCUT2D eigenvalue weighted by Gasteiger charge is 2.11. The second-order valence-electron chi connectivity index (χ2n) is 4.24. The Morgan fingerprint density at radius 3 is 2.95 bits per heavy atom. The molecule has 0 saturated heterocycles. The molecule has 20 heavy (non-hydrogen) atoms. The van der Waals surface area contributed by atoms with Crippen molar-refractivity contribution in [2.24, 2.45) is 0 Å². The lowest BCUT2D eigenvalue weighted by molar-refractivity contribution is 0.0923. The molecule has 3 aromatic rings. The van der Waals surface area contributed by atoms with E-state index >= 15 is 0 Å². The minimum absolute atomic E-state index is 0.00628. The van der Waals surface area contributed by atoms with Crippen LogP contribution in [0.5, 0.6) is 0 Å². The number of rotatable bonds is 3. The lowest BCUT2D eigenvalue weighted by Crippen LogP contribution is -2.24. The van der Waals surface area contributed by atoms with Crippen LogP contribution in [0.15, 0.2) is 51.8 Å². The van der Waals surface area contributed by atoms with Gasteiger partial charge in [0.2, 0.25) is 0 Å². The molecular formula is C14H11N3O3. The maximum Gasteiger partial charge on any atom is 0.287 e. The Kier molecular flexibility index (Phi) is 3.04. The molecule has 100 valence electrons. The van der Waals surface area contributed by atoms with Crippen LogP contribution >= 0.6 is 0 Å². The summed E-state index contributed by atoms with van der Waals surface area (Å²) in [6.45, 7) is 0.287. The molecule has 0 spiro atoms. The molecule has 6 heteroatoms. The van der Waals surface area contributed by atoms with E-state index in [1.807, 2.05) is 0 Å². The van der Waals surface area contributed by atoms with Gasteiger partial charge in [-0.3, -0.25) is 14.7 Å². The minimum Gasteiger partial charge on any atom is -0.451 e. The van der Waals surface area contributed by atoms with Crippen molar-refractivity contribution >= 4 is 16.9 Å². The smallest absolute Gasteiger partial charge is 0.287 e. The number of para-hydroxylation sites is 1. The summed E-state index contributed by atoms with van der Waals surface area (Å²) >= 11 is 0. The van der Waals surface area contributed by atoms with Crippen molar-refractivity contribution in [3.05, 3.63) is 64.3 Å². The van der Waals surface area contributed by atoms with Crippen molar-refractivity contribution in [2.45, 2.75) is 6.54 Å². The number of carbonyl (C=O) groups is 1. The van der Waals surface area contributed by atoms with E-state index in [2.05, 4.69) is 15.5 Å². The third kappa shape index (κ3) is 2.31. The zero-order valence-electron chi connectivity index (χ0n) is 10.4. The Balaban J connectivity index is 1.86. The predicted octanol–water partition coefficient (Wildman–Crippen LogP) is 1.45. The molecule has 0 fully saturated rings. The highest BCUT2D eigenvalue weighted by atomic mass is 16.3. The second kappa shape index (κ2) is 5.00. The van der Waals surface area contributed by atoms with Gasteiger partial charge in [-0.25, -0.2) is 0 Å². The van der Waals surface area contributed by atoms with E-state index < -0.39 is 5.91 Å². The number of hydrogen-bond acceptors (Lipinski definition) is 4. The summed E-state index contributed by atoms with van der Waals surface area (Å²) in [5, 5.41) is 9.61. The lowest BCUT2D eigenvalue weighted by atomic mass is 10.2. The highest BCUT2D eigenvalue weighted by molar-refractivity contribution is 5.93. The first kappa shape index (κ1) is 12.2. The van der Waals surface area contributed by atoms with Gasteiger partial charge in [-0.05, 0) is 18.2 Å². The van der Waals surface area contributed by atoms with Crippen LogP contribution in [-0.4, -0.2) is 16.1 Å². The number of H-pyrrole nitrogens is 1. The average molecular weight is 269 g/mol. The molecule has 2 heterocycles. The van der Waals surface area contributed by atoms with E-state index in [1.54, 1.807) is 36.5 Å². The molecule has 0 aliphatic carbocycles. The van der Waals surface area contributed by atoms with Gasteiger partial charge in [0.1, 0.15) is 5.58 Å². The molecule has 0 radical (unpaired) electrons. The summed E-state index contributed by atoms with van der Waals surface area (Å²) in [7, 11) is 0. The Hall–Kier alpha value is -2.89. The molecule has 0 atom stereocenters. The summed E-state index contributed by atoms with van der Waals surface area (Å²) < 4.78 is 5.44. The number of aromatic nitrogens is 2. The molecule has 2 N–H and O–H groups in total. The number of amides is 1. The van der Waals surface area contributed by atoms with Gasteiger partial charge in [0.05, 0.1) is 17.6 Å². The highest BCUT2D eigenvalue weighted by Crippen LogP contribution is 2.11. The van der Waals surface area contributed by atoms with Crippen LogP contribution in [0, 0.1) is 0 Å². The first-order valence-electron chi connectivity index (χ1n) is 6.03. The number of fused-ring (bicyclic) bond motifs is 1. The van der Waals surface area contributed by atoms with Gasteiger partial charge >= 0.3 is 0 Å². The monoisotopic (exact) mass is 269 g/mol. The van der Waals surface area contributed by atoms with Crippen molar-refractivity contribution < 1.29 is 9.21 Å². The number of aromatic amines is 1. The van der Waals surface area contributed by atoms with Gasteiger partial charge in [-0.15, -0.1) is 0 Å². The van der Waals surface area contributed by atoms with Gasteiger partial charge in [0.25, 0.3) is 5.91 Å². The van der Waals surface area contributed by atoms with Crippen molar-refractivity contribution in [3.63, 3.8) is 0 Å². The van der Waals surface area contributed by atoms with Crippen molar-refractivity contribution in [1.82, 2.24) is 15.5 Å². The Bertz CT molecular complexity index is 806. The molecule has 0 bridgehead atoms. The zero-order chi connectivity index (χ0) is 13.9. The molecule has 1 amide bonds. The Morgan fingerprint density at radius 1 is 1.30 bits per heavy atom. The van der Waals surface area contributed by atoms with E-state index in [4.69, 9.17) is 4.42 Å². The number of benzene rings is 1. The molecule has 0 unspecified atom stereocenters. The maximum absolute atomic E-state index is 12.0. The third-order valence-electron chi connectivity index (χ3n) is 2.86. The summed E-state index contributed by atoms with van der Waals surface area (Å²) in [6.07, 6.45) is 1.59. The second-order valence-corrected chi connectivity index (χ2v) is 4.24.